The molecule has 0 aromatic carbocycles. The quantitative estimate of drug-likeness (QED) is 0.362. The number of hydrogen-bond donors (Lipinski definition) is 1. The van der Waals surface area contributed by atoms with Gasteiger partial charge in [0.2, 0.25) is 0 Å². The highest BCUT2D eigenvalue weighted by atomic mass is 16.3. The van der Waals surface area contributed by atoms with Crippen molar-refractivity contribution in [3.63, 3.8) is 0 Å². The fourth-order valence-corrected chi connectivity index (χ4v) is 0.560. The standard InChI is InChI=1S/C10H12O/c1-4-7-9(5-2)8-10(11)6-3/h2,4,6-8,11H,1,3H3/b7-4-,9-8+,10-6+. The Balaban J connectivity index is 4.52. The normalized spacial score (nSPS) is 13.5. The number of hydrogen-bond acceptors (Lipinski definition) is 1. The van der Waals surface area contributed by atoms with E-state index in [0.29, 0.717) is 5.57 Å². The van der Waals surface area contributed by atoms with E-state index in [1.165, 1.54) is 0 Å². The van der Waals surface area contributed by atoms with E-state index in [2.05, 4.69) is 5.92 Å². The Kier molecular flexibility index (Phi) is 4.68. The Labute approximate surface area is 67.7 Å². The summed E-state index contributed by atoms with van der Waals surface area (Å²) in [5.41, 5.74) is 0.670. The first-order chi connectivity index (χ1) is 5.24. The molecule has 0 radical (unpaired) electrons. The molecule has 0 heterocycles. The van der Waals surface area contributed by atoms with Gasteiger partial charge in [-0.25, -0.2) is 0 Å². The number of terminal acetylenes is 1. The summed E-state index contributed by atoms with van der Waals surface area (Å²) in [6, 6.07) is 0. The number of rotatable bonds is 2. The lowest BCUT2D eigenvalue weighted by atomic mass is 10.2. The summed E-state index contributed by atoms with van der Waals surface area (Å²) >= 11 is 0. The molecule has 0 aromatic heterocycles. The second kappa shape index (κ2) is 5.37. The van der Waals surface area contributed by atoms with Crippen LogP contribution >= 0.6 is 0 Å². The molecule has 1 heteroatoms. The molecule has 1 nitrogen and oxygen atoms in total. The Morgan fingerprint density at radius 2 is 2.09 bits per heavy atom. The van der Waals surface area contributed by atoms with E-state index in [1.54, 1.807) is 25.2 Å². The SMILES string of the molecule is C#CC(/C=C\C)=C\C(O)=C/C. The van der Waals surface area contributed by atoms with Crippen molar-refractivity contribution in [1.82, 2.24) is 0 Å². The largest absolute Gasteiger partial charge is 0.508 e. The minimum atomic E-state index is 0.191. The van der Waals surface area contributed by atoms with Gasteiger partial charge in [-0.2, -0.15) is 0 Å². The van der Waals surface area contributed by atoms with E-state index in [1.807, 2.05) is 13.0 Å². The molecule has 0 saturated heterocycles. The van der Waals surface area contributed by atoms with Crippen molar-refractivity contribution in [2.45, 2.75) is 13.8 Å². The highest BCUT2D eigenvalue weighted by molar-refractivity contribution is 5.39. The Bertz CT molecular complexity index is 236. The fraction of sp³-hybridized carbons (Fsp3) is 0.200. The third kappa shape index (κ3) is 4.05. The van der Waals surface area contributed by atoms with Gasteiger partial charge in [0.05, 0.1) is 0 Å². The highest BCUT2D eigenvalue weighted by Crippen LogP contribution is 1.99. The summed E-state index contributed by atoms with van der Waals surface area (Å²) in [4.78, 5) is 0. The molecule has 0 bridgehead atoms. The van der Waals surface area contributed by atoms with E-state index in [-0.39, 0.29) is 5.76 Å². The van der Waals surface area contributed by atoms with E-state index < -0.39 is 0 Å². The van der Waals surface area contributed by atoms with Gasteiger partial charge in [-0.1, -0.05) is 18.1 Å². The third-order valence-electron chi connectivity index (χ3n) is 1.11. The molecule has 0 atom stereocenters. The fourth-order valence-electron chi connectivity index (χ4n) is 0.560. The van der Waals surface area contributed by atoms with Gasteiger partial charge in [-0.15, -0.1) is 6.42 Å². The lowest BCUT2D eigenvalue weighted by molar-refractivity contribution is 0.431. The first kappa shape index (κ1) is 9.58. The molecule has 0 aliphatic heterocycles. The van der Waals surface area contributed by atoms with Crippen LogP contribution in [0.2, 0.25) is 0 Å². The summed E-state index contributed by atoms with van der Waals surface area (Å²) in [7, 11) is 0. The van der Waals surface area contributed by atoms with E-state index >= 15 is 0 Å². The van der Waals surface area contributed by atoms with Crippen LogP contribution in [0.15, 0.2) is 35.6 Å². The Hall–Kier alpha value is -1.42. The van der Waals surface area contributed by atoms with Crippen LogP contribution in [0, 0.1) is 12.3 Å². The van der Waals surface area contributed by atoms with Crippen molar-refractivity contribution in [3.8, 4) is 12.3 Å². The molecular weight excluding hydrogens is 136 g/mol. The average Bonchev–Trinajstić information content (AvgIpc) is 2.03. The van der Waals surface area contributed by atoms with Crippen molar-refractivity contribution in [2.24, 2.45) is 0 Å². The van der Waals surface area contributed by atoms with Crippen molar-refractivity contribution in [1.29, 1.82) is 0 Å². The maximum atomic E-state index is 9.04. The predicted molar refractivity (Wildman–Crippen MR) is 48.1 cm³/mol. The van der Waals surface area contributed by atoms with Crippen LogP contribution in [0.3, 0.4) is 0 Å². The second-order valence-corrected chi connectivity index (χ2v) is 1.96. The maximum Gasteiger partial charge on any atom is 0.112 e. The zero-order valence-electron chi connectivity index (χ0n) is 6.83. The molecule has 0 saturated carbocycles. The van der Waals surface area contributed by atoms with Crippen LogP contribution in [-0.4, -0.2) is 5.11 Å². The summed E-state index contributed by atoms with van der Waals surface area (Å²) in [5, 5.41) is 9.04. The maximum absolute atomic E-state index is 9.04. The van der Waals surface area contributed by atoms with Crippen LogP contribution in [0.1, 0.15) is 13.8 Å². The molecule has 0 aliphatic rings. The van der Waals surface area contributed by atoms with Gasteiger partial charge in [0.15, 0.2) is 0 Å². The molecule has 0 aliphatic carbocycles. The molecule has 1 N–H and O–H groups in total. The summed E-state index contributed by atoms with van der Waals surface area (Å²) in [6.45, 7) is 3.62. The monoisotopic (exact) mass is 148 g/mol. The number of allylic oxidation sites excluding steroid dienone is 5. The van der Waals surface area contributed by atoms with Crippen LogP contribution in [0.4, 0.5) is 0 Å². The smallest absolute Gasteiger partial charge is 0.112 e. The molecule has 0 amide bonds. The first-order valence-electron chi connectivity index (χ1n) is 3.41. The Morgan fingerprint density at radius 1 is 1.45 bits per heavy atom. The predicted octanol–water partition coefficient (Wildman–Crippen LogP) is 2.58. The summed E-state index contributed by atoms with van der Waals surface area (Å²) in [6.07, 6.45) is 11.9. The van der Waals surface area contributed by atoms with Gasteiger partial charge < -0.3 is 5.11 Å². The molecule has 58 valence electrons. The summed E-state index contributed by atoms with van der Waals surface area (Å²) < 4.78 is 0. The van der Waals surface area contributed by atoms with Crippen LogP contribution < -0.4 is 0 Å². The van der Waals surface area contributed by atoms with Crippen molar-refractivity contribution in [3.05, 3.63) is 35.6 Å². The molecule has 0 spiro atoms. The van der Waals surface area contributed by atoms with Crippen molar-refractivity contribution in [2.75, 3.05) is 0 Å². The van der Waals surface area contributed by atoms with E-state index in [9.17, 15) is 0 Å². The summed E-state index contributed by atoms with van der Waals surface area (Å²) in [5.74, 6) is 2.63. The van der Waals surface area contributed by atoms with Gasteiger partial charge >= 0.3 is 0 Å². The minimum Gasteiger partial charge on any atom is -0.508 e. The molecular formula is C10H12O. The van der Waals surface area contributed by atoms with Gasteiger partial charge in [-0.05, 0) is 26.0 Å². The topological polar surface area (TPSA) is 20.2 Å². The molecule has 0 rings (SSSR count). The minimum absolute atomic E-state index is 0.191. The lowest BCUT2D eigenvalue weighted by Gasteiger charge is -1.90. The number of aliphatic hydroxyl groups is 1. The van der Waals surface area contributed by atoms with E-state index in [4.69, 9.17) is 11.5 Å². The lowest BCUT2D eigenvalue weighted by Crippen LogP contribution is -1.76. The number of aliphatic hydroxyl groups excluding tert-OH is 1. The zero-order valence-corrected chi connectivity index (χ0v) is 6.83. The first-order valence-corrected chi connectivity index (χ1v) is 3.41. The van der Waals surface area contributed by atoms with Crippen LogP contribution in [0.25, 0.3) is 0 Å². The zero-order chi connectivity index (χ0) is 8.69. The molecule has 0 aromatic rings. The van der Waals surface area contributed by atoms with Crippen molar-refractivity contribution >= 4 is 0 Å². The van der Waals surface area contributed by atoms with Gasteiger partial charge in [-0.3, -0.25) is 0 Å². The van der Waals surface area contributed by atoms with Gasteiger partial charge in [0, 0.05) is 5.57 Å². The third-order valence-corrected chi connectivity index (χ3v) is 1.11. The highest BCUT2D eigenvalue weighted by Gasteiger charge is 1.86. The van der Waals surface area contributed by atoms with Crippen LogP contribution in [-0.2, 0) is 0 Å². The van der Waals surface area contributed by atoms with Gasteiger partial charge in [0.1, 0.15) is 5.76 Å². The van der Waals surface area contributed by atoms with Gasteiger partial charge in [0.25, 0.3) is 0 Å². The Morgan fingerprint density at radius 3 is 2.45 bits per heavy atom. The van der Waals surface area contributed by atoms with Crippen LogP contribution in [0.5, 0.6) is 0 Å². The molecule has 0 unspecified atom stereocenters. The second-order valence-electron chi connectivity index (χ2n) is 1.96. The average molecular weight is 148 g/mol. The molecule has 11 heavy (non-hydrogen) atoms. The van der Waals surface area contributed by atoms with E-state index in [0.717, 1.165) is 0 Å². The molecule has 0 fully saturated rings. The van der Waals surface area contributed by atoms with Crippen molar-refractivity contribution < 1.29 is 5.11 Å².